The number of furan rings is 1. The van der Waals surface area contributed by atoms with E-state index in [-0.39, 0.29) is 11.5 Å². The van der Waals surface area contributed by atoms with E-state index in [4.69, 9.17) is 9.52 Å². The van der Waals surface area contributed by atoms with Gasteiger partial charge in [0.05, 0.1) is 5.25 Å². The second-order valence-electron chi connectivity index (χ2n) is 4.66. The van der Waals surface area contributed by atoms with Crippen molar-refractivity contribution in [1.29, 1.82) is 0 Å². The van der Waals surface area contributed by atoms with Gasteiger partial charge in [-0.15, -0.1) is 0 Å². The monoisotopic (exact) mass is 303 g/mol. The van der Waals surface area contributed by atoms with Crippen LogP contribution in [0.3, 0.4) is 0 Å². The number of amides is 1. The lowest BCUT2D eigenvalue weighted by Crippen LogP contribution is -2.44. The molecule has 0 spiro atoms. The number of hydrogen-bond donors (Lipinski definition) is 1. The summed E-state index contributed by atoms with van der Waals surface area (Å²) in [6.45, 7) is 3.11. The largest absolute Gasteiger partial charge is 0.475 e. The summed E-state index contributed by atoms with van der Waals surface area (Å²) >= 11 is 0. The third-order valence-electron chi connectivity index (χ3n) is 3.31. The molecule has 0 saturated heterocycles. The van der Waals surface area contributed by atoms with Crippen LogP contribution in [0.25, 0.3) is 0 Å². The highest BCUT2D eigenvalue weighted by molar-refractivity contribution is 7.91. The third-order valence-corrected chi connectivity index (χ3v) is 5.06. The number of carbonyl (C=O) groups is 2. The fourth-order valence-corrected chi connectivity index (χ4v) is 2.50. The zero-order chi connectivity index (χ0) is 15.7. The van der Waals surface area contributed by atoms with Crippen molar-refractivity contribution in [2.75, 3.05) is 13.3 Å². The Morgan fingerprint density at radius 2 is 1.75 bits per heavy atom. The molecule has 2 unspecified atom stereocenters. The Kier molecular flexibility index (Phi) is 4.59. The lowest BCUT2D eigenvalue weighted by Gasteiger charge is -2.28. The Balaban J connectivity index is 2.93. The molecule has 1 N–H and O–H groups in total. The molecule has 20 heavy (non-hydrogen) atoms. The van der Waals surface area contributed by atoms with Gasteiger partial charge in [0, 0.05) is 19.3 Å². The van der Waals surface area contributed by atoms with Gasteiger partial charge in [-0.05, 0) is 26.0 Å². The van der Waals surface area contributed by atoms with Crippen molar-refractivity contribution in [3.05, 3.63) is 23.7 Å². The van der Waals surface area contributed by atoms with E-state index >= 15 is 0 Å². The van der Waals surface area contributed by atoms with Gasteiger partial charge in [-0.1, -0.05) is 0 Å². The molecule has 1 heterocycles. The van der Waals surface area contributed by atoms with E-state index in [0.717, 1.165) is 6.26 Å². The minimum absolute atomic E-state index is 0.141. The first-order valence-corrected chi connectivity index (χ1v) is 7.80. The molecule has 0 aliphatic rings. The molecule has 0 aromatic carbocycles. The van der Waals surface area contributed by atoms with Crippen LogP contribution in [0.2, 0.25) is 0 Å². The van der Waals surface area contributed by atoms with Crippen molar-refractivity contribution in [1.82, 2.24) is 4.90 Å². The molecule has 0 aliphatic heterocycles. The zero-order valence-corrected chi connectivity index (χ0v) is 12.5. The minimum Gasteiger partial charge on any atom is -0.475 e. The molecule has 1 rings (SSSR count). The Bertz CT molecular complexity index is 618. The SMILES string of the molecule is CC(C(C)S(C)(=O)=O)N(C)C(=O)c1ccc(C(=O)O)o1. The number of nitrogens with zero attached hydrogens (tertiary/aromatic N) is 1. The standard InChI is InChI=1S/C12H17NO6S/c1-7(8(2)20(4,17)18)13(3)11(14)9-5-6-10(19-9)12(15)16/h5-8H,1-4H3,(H,15,16). The van der Waals surface area contributed by atoms with Gasteiger partial charge in [0.2, 0.25) is 5.76 Å². The Labute approximate surface area is 117 Å². The van der Waals surface area contributed by atoms with Crippen molar-refractivity contribution in [2.24, 2.45) is 0 Å². The first-order valence-electron chi connectivity index (χ1n) is 5.85. The Hall–Kier alpha value is -1.83. The number of hydrogen-bond acceptors (Lipinski definition) is 5. The summed E-state index contributed by atoms with van der Waals surface area (Å²) in [4.78, 5) is 24.0. The maximum absolute atomic E-state index is 12.1. The van der Waals surface area contributed by atoms with Gasteiger partial charge in [-0.25, -0.2) is 13.2 Å². The molecular weight excluding hydrogens is 286 g/mol. The van der Waals surface area contributed by atoms with Crippen molar-refractivity contribution < 1.29 is 27.5 Å². The molecule has 2 atom stereocenters. The maximum Gasteiger partial charge on any atom is 0.371 e. The highest BCUT2D eigenvalue weighted by Crippen LogP contribution is 2.15. The molecule has 0 bridgehead atoms. The number of carbonyl (C=O) groups excluding carboxylic acids is 1. The maximum atomic E-state index is 12.1. The van der Waals surface area contributed by atoms with Gasteiger partial charge in [0.1, 0.15) is 0 Å². The molecule has 8 heteroatoms. The Morgan fingerprint density at radius 3 is 2.15 bits per heavy atom. The summed E-state index contributed by atoms with van der Waals surface area (Å²) in [6.07, 6.45) is 1.10. The van der Waals surface area contributed by atoms with E-state index in [0.29, 0.717) is 0 Å². The molecule has 0 fully saturated rings. The van der Waals surface area contributed by atoms with Crippen LogP contribution in [0.15, 0.2) is 16.5 Å². The van der Waals surface area contributed by atoms with Crippen LogP contribution in [-0.4, -0.2) is 54.9 Å². The second-order valence-corrected chi connectivity index (χ2v) is 7.06. The summed E-state index contributed by atoms with van der Waals surface area (Å²) < 4.78 is 27.9. The predicted octanol–water partition coefficient (Wildman–Crippen LogP) is 0.871. The van der Waals surface area contributed by atoms with Gasteiger partial charge in [0.15, 0.2) is 15.6 Å². The molecule has 112 valence electrons. The molecule has 0 aliphatic carbocycles. The van der Waals surface area contributed by atoms with E-state index in [1.54, 1.807) is 6.92 Å². The smallest absolute Gasteiger partial charge is 0.371 e. The normalized spacial score (nSPS) is 14.6. The van der Waals surface area contributed by atoms with Crippen LogP contribution in [0, 0.1) is 0 Å². The highest BCUT2D eigenvalue weighted by atomic mass is 32.2. The first-order chi connectivity index (χ1) is 9.05. The topological polar surface area (TPSA) is 105 Å². The van der Waals surface area contributed by atoms with E-state index in [1.165, 1.54) is 31.0 Å². The zero-order valence-electron chi connectivity index (χ0n) is 11.7. The van der Waals surface area contributed by atoms with E-state index in [2.05, 4.69) is 0 Å². The number of sulfone groups is 1. The van der Waals surface area contributed by atoms with Crippen molar-refractivity contribution in [2.45, 2.75) is 25.1 Å². The van der Waals surface area contributed by atoms with Crippen molar-refractivity contribution >= 4 is 21.7 Å². The molecule has 1 aromatic rings. The molecule has 0 radical (unpaired) electrons. The van der Waals surface area contributed by atoms with E-state index < -0.39 is 33.0 Å². The van der Waals surface area contributed by atoms with E-state index in [9.17, 15) is 18.0 Å². The number of aromatic carboxylic acids is 1. The molecule has 1 amide bonds. The summed E-state index contributed by atoms with van der Waals surface area (Å²) in [5, 5.41) is 7.98. The number of rotatable bonds is 5. The van der Waals surface area contributed by atoms with Gasteiger partial charge < -0.3 is 14.4 Å². The first kappa shape index (κ1) is 16.2. The average Bonchev–Trinajstić information content (AvgIpc) is 2.83. The minimum atomic E-state index is -3.29. The van der Waals surface area contributed by atoms with Crippen LogP contribution < -0.4 is 0 Å². The summed E-state index contributed by atoms with van der Waals surface area (Å²) in [5.41, 5.74) is 0. The molecule has 7 nitrogen and oxygen atoms in total. The fourth-order valence-electron chi connectivity index (χ4n) is 1.60. The lowest BCUT2D eigenvalue weighted by molar-refractivity contribution is 0.0647. The average molecular weight is 303 g/mol. The molecule has 1 aromatic heterocycles. The molecule has 0 saturated carbocycles. The predicted molar refractivity (Wildman–Crippen MR) is 71.5 cm³/mol. The summed E-state index contributed by atoms with van der Waals surface area (Å²) in [6, 6.07) is 1.85. The van der Waals surface area contributed by atoms with E-state index in [1.807, 2.05) is 0 Å². The Morgan fingerprint density at radius 1 is 1.25 bits per heavy atom. The van der Waals surface area contributed by atoms with Crippen molar-refractivity contribution in [3.8, 4) is 0 Å². The number of carboxylic acid groups (broad SMARTS) is 1. The quantitative estimate of drug-likeness (QED) is 0.865. The highest BCUT2D eigenvalue weighted by Gasteiger charge is 2.30. The number of carboxylic acids is 1. The molecular formula is C12H17NO6S. The second kappa shape index (κ2) is 5.66. The van der Waals surface area contributed by atoms with Gasteiger partial charge >= 0.3 is 5.97 Å². The fraction of sp³-hybridized carbons (Fsp3) is 0.500. The van der Waals surface area contributed by atoms with Crippen LogP contribution >= 0.6 is 0 Å². The van der Waals surface area contributed by atoms with Gasteiger partial charge in [0.25, 0.3) is 5.91 Å². The summed E-state index contributed by atoms with van der Waals surface area (Å²) in [5.74, 6) is -2.33. The summed E-state index contributed by atoms with van der Waals surface area (Å²) in [7, 11) is -1.85. The lowest BCUT2D eigenvalue weighted by atomic mass is 10.2. The van der Waals surface area contributed by atoms with Crippen molar-refractivity contribution in [3.63, 3.8) is 0 Å². The third kappa shape index (κ3) is 3.38. The van der Waals surface area contributed by atoms with Crippen LogP contribution in [0.5, 0.6) is 0 Å². The van der Waals surface area contributed by atoms with Crippen LogP contribution in [-0.2, 0) is 9.84 Å². The van der Waals surface area contributed by atoms with Crippen LogP contribution in [0.4, 0.5) is 0 Å². The van der Waals surface area contributed by atoms with Gasteiger partial charge in [-0.3, -0.25) is 4.79 Å². The van der Waals surface area contributed by atoms with Gasteiger partial charge in [-0.2, -0.15) is 0 Å². The van der Waals surface area contributed by atoms with Crippen LogP contribution in [0.1, 0.15) is 35.0 Å².